The average Bonchev–Trinajstić information content (AvgIpc) is 2.55. The lowest BCUT2D eigenvalue weighted by Gasteiger charge is -2.16. The van der Waals surface area contributed by atoms with Gasteiger partial charge in [0.25, 0.3) is 0 Å². The molecular weight excluding hydrogens is 216 g/mol. The minimum absolute atomic E-state index is 0.436. The first kappa shape index (κ1) is 13.7. The highest BCUT2D eigenvalue weighted by Crippen LogP contribution is 2.24. The molecule has 0 aliphatic rings. The molecule has 1 aromatic heterocycles. The van der Waals surface area contributed by atoms with Crippen molar-refractivity contribution in [2.45, 2.75) is 53.5 Å². The number of nitrogens with one attached hydrogen (secondary N) is 1. The first-order chi connectivity index (χ1) is 7.54. The molecule has 0 saturated heterocycles. The number of rotatable bonds is 6. The second-order valence-corrected chi connectivity index (χ2v) is 5.94. The van der Waals surface area contributed by atoms with E-state index in [4.69, 9.17) is 0 Å². The summed E-state index contributed by atoms with van der Waals surface area (Å²) in [6, 6.07) is 0.436. The van der Waals surface area contributed by atoms with Crippen LogP contribution in [0.5, 0.6) is 0 Å². The van der Waals surface area contributed by atoms with Crippen molar-refractivity contribution in [3.8, 4) is 0 Å². The van der Waals surface area contributed by atoms with Crippen LogP contribution in [0.2, 0.25) is 0 Å². The summed E-state index contributed by atoms with van der Waals surface area (Å²) in [5, 5.41) is 4.78. The van der Waals surface area contributed by atoms with Crippen molar-refractivity contribution in [3.63, 3.8) is 0 Å². The Kier molecular flexibility index (Phi) is 5.42. The zero-order chi connectivity index (χ0) is 12.1. The molecule has 2 unspecified atom stereocenters. The predicted molar refractivity (Wildman–Crippen MR) is 72.1 cm³/mol. The molecule has 0 radical (unpaired) electrons. The van der Waals surface area contributed by atoms with Crippen molar-refractivity contribution in [2.24, 2.45) is 5.92 Å². The minimum atomic E-state index is 0.436. The van der Waals surface area contributed by atoms with Crippen molar-refractivity contribution < 1.29 is 0 Å². The number of aryl methyl sites for hydroxylation is 2. The maximum absolute atomic E-state index is 4.47. The van der Waals surface area contributed by atoms with E-state index in [1.807, 2.05) is 11.3 Å². The smallest absolute Gasteiger partial charge is 0.0900 e. The zero-order valence-corrected chi connectivity index (χ0v) is 11.9. The number of nitrogens with zero attached hydrogens (tertiary/aromatic N) is 1. The normalized spacial score (nSPS) is 15.1. The number of hydrogen-bond donors (Lipinski definition) is 1. The zero-order valence-electron chi connectivity index (χ0n) is 11.1. The molecule has 1 rings (SSSR count). The predicted octanol–water partition coefficient (Wildman–Crippen LogP) is 3.85. The molecule has 1 N–H and O–H groups in total. The van der Waals surface area contributed by atoms with Crippen LogP contribution in [-0.2, 0) is 0 Å². The summed E-state index contributed by atoms with van der Waals surface area (Å²) < 4.78 is 0. The van der Waals surface area contributed by atoms with Gasteiger partial charge >= 0.3 is 0 Å². The Balaban J connectivity index is 2.46. The van der Waals surface area contributed by atoms with Crippen molar-refractivity contribution in [3.05, 3.63) is 15.6 Å². The first-order valence-corrected chi connectivity index (χ1v) is 7.03. The molecule has 2 nitrogen and oxygen atoms in total. The van der Waals surface area contributed by atoms with Gasteiger partial charge < -0.3 is 5.32 Å². The Bertz CT molecular complexity index is 320. The third-order valence-corrected chi connectivity index (χ3v) is 4.14. The summed E-state index contributed by atoms with van der Waals surface area (Å²) in [5.74, 6) is 0.766. The molecule has 0 aromatic carbocycles. The highest BCUT2D eigenvalue weighted by molar-refractivity contribution is 7.11. The summed E-state index contributed by atoms with van der Waals surface area (Å²) in [7, 11) is 0. The fraction of sp³-hybridized carbons (Fsp3) is 0.769. The summed E-state index contributed by atoms with van der Waals surface area (Å²) >= 11 is 1.81. The van der Waals surface area contributed by atoms with Crippen molar-refractivity contribution in [2.75, 3.05) is 6.54 Å². The monoisotopic (exact) mass is 240 g/mol. The molecule has 1 aromatic rings. The fourth-order valence-electron chi connectivity index (χ4n) is 2.01. The van der Waals surface area contributed by atoms with Gasteiger partial charge in [-0.1, -0.05) is 20.3 Å². The fourth-order valence-corrected chi connectivity index (χ4v) is 2.97. The summed E-state index contributed by atoms with van der Waals surface area (Å²) in [6.07, 6.45) is 2.58. The van der Waals surface area contributed by atoms with Gasteiger partial charge in [-0.2, -0.15) is 0 Å². The van der Waals surface area contributed by atoms with E-state index in [1.165, 1.54) is 28.4 Å². The lowest BCUT2D eigenvalue weighted by Crippen LogP contribution is -2.24. The van der Waals surface area contributed by atoms with Gasteiger partial charge in [0.15, 0.2) is 0 Å². The topological polar surface area (TPSA) is 24.9 Å². The van der Waals surface area contributed by atoms with Crippen LogP contribution in [-0.4, -0.2) is 11.5 Å². The highest BCUT2D eigenvalue weighted by atomic mass is 32.1. The van der Waals surface area contributed by atoms with E-state index in [0.717, 1.165) is 12.5 Å². The van der Waals surface area contributed by atoms with Gasteiger partial charge in [0.2, 0.25) is 0 Å². The first-order valence-electron chi connectivity index (χ1n) is 6.21. The van der Waals surface area contributed by atoms with Crippen LogP contribution in [0.1, 0.15) is 55.2 Å². The third kappa shape index (κ3) is 3.87. The van der Waals surface area contributed by atoms with Gasteiger partial charge in [-0.3, -0.25) is 0 Å². The average molecular weight is 240 g/mol. The Hall–Kier alpha value is -0.410. The van der Waals surface area contributed by atoms with Crippen LogP contribution >= 0.6 is 11.3 Å². The summed E-state index contributed by atoms with van der Waals surface area (Å²) in [4.78, 5) is 5.86. The van der Waals surface area contributed by atoms with Crippen LogP contribution in [0.25, 0.3) is 0 Å². The van der Waals surface area contributed by atoms with Gasteiger partial charge in [-0.05, 0) is 39.7 Å². The minimum Gasteiger partial charge on any atom is -0.309 e. The van der Waals surface area contributed by atoms with Gasteiger partial charge in [0, 0.05) is 10.9 Å². The molecule has 16 heavy (non-hydrogen) atoms. The van der Waals surface area contributed by atoms with Gasteiger partial charge in [-0.15, -0.1) is 11.3 Å². The molecule has 0 amide bonds. The molecule has 0 aliphatic heterocycles. The third-order valence-electron chi connectivity index (χ3n) is 2.89. The van der Waals surface area contributed by atoms with E-state index in [-0.39, 0.29) is 0 Å². The van der Waals surface area contributed by atoms with Crippen molar-refractivity contribution in [1.82, 2.24) is 10.3 Å². The molecule has 92 valence electrons. The second-order valence-electron chi connectivity index (χ2n) is 4.71. The lowest BCUT2D eigenvalue weighted by molar-refractivity contribution is 0.445. The SMILES string of the molecule is CCCC(C)CNC(C)c1sc(C)nc1C. The van der Waals surface area contributed by atoms with E-state index in [0.29, 0.717) is 6.04 Å². The highest BCUT2D eigenvalue weighted by Gasteiger charge is 2.13. The van der Waals surface area contributed by atoms with E-state index in [1.54, 1.807) is 0 Å². The Labute approximate surface area is 103 Å². The Morgan fingerprint density at radius 1 is 1.31 bits per heavy atom. The maximum Gasteiger partial charge on any atom is 0.0900 e. The number of aromatic nitrogens is 1. The van der Waals surface area contributed by atoms with Crippen LogP contribution in [0.15, 0.2) is 0 Å². The lowest BCUT2D eigenvalue weighted by atomic mass is 10.1. The molecule has 0 saturated carbocycles. The number of hydrogen-bond acceptors (Lipinski definition) is 3. The molecule has 3 heteroatoms. The van der Waals surface area contributed by atoms with Gasteiger partial charge in [0.05, 0.1) is 10.7 Å². The van der Waals surface area contributed by atoms with Crippen LogP contribution in [0.3, 0.4) is 0 Å². The Morgan fingerprint density at radius 3 is 2.50 bits per heavy atom. The van der Waals surface area contributed by atoms with Gasteiger partial charge in [-0.25, -0.2) is 4.98 Å². The molecule has 0 bridgehead atoms. The number of thiazole rings is 1. The van der Waals surface area contributed by atoms with Crippen molar-refractivity contribution >= 4 is 11.3 Å². The molecule has 0 fully saturated rings. The van der Waals surface area contributed by atoms with E-state index in [9.17, 15) is 0 Å². The van der Waals surface area contributed by atoms with Crippen LogP contribution < -0.4 is 5.32 Å². The van der Waals surface area contributed by atoms with E-state index < -0.39 is 0 Å². The quantitative estimate of drug-likeness (QED) is 0.817. The van der Waals surface area contributed by atoms with Crippen LogP contribution in [0, 0.1) is 19.8 Å². The standard InChI is InChI=1S/C13H24N2S/c1-6-7-9(2)8-14-10(3)13-11(4)15-12(5)16-13/h9-10,14H,6-8H2,1-5H3. The molecular formula is C13H24N2S. The van der Waals surface area contributed by atoms with Crippen LogP contribution in [0.4, 0.5) is 0 Å². The molecule has 0 spiro atoms. The van der Waals surface area contributed by atoms with E-state index >= 15 is 0 Å². The summed E-state index contributed by atoms with van der Waals surface area (Å²) in [6.45, 7) is 12.1. The van der Waals surface area contributed by atoms with Gasteiger partial charge in [0.1, 0.15) is 0 Å². The summed E-state index contributed by atoms with van der Waals surface area (Å²) in [5.41, 5.74) is 1.19. The van der Waals surface area contributed by atoms with Crippen molar-refractivity contribution in [1.29, 1.82) is 0 Å². The maximum atomic E-state index is 4.47. The second kappa shape index (κ2) is 6.36. The van der Waals surface area contributed by atoms with E-state index in [2.05, 4.69) is 44.9 Å². The largest absolute Gasteiger partial charge is 0.309 e. The molecule has 0 aliphatic carbocycles. The Morgan fingerprint density at radius 2 is 2.00 bits per heavy atom. The molecule has 2 atom stereocenters. The molecule has 1 heterocycles.